The Bertz CT molecular complexity index is 667. The summed E-state index contributed by atoms with van der Waals surface area (Å²) in [6, 6.07) is 4.49. The SMILES string of the molecule is Cc1ccc([N+](=O)[O-])cc1Oc1c(CCl)c(C)nn1C. The highest BCUT2D eigenvalue weighted by Crippen LogP contribution is 2.32. The summed E-state index contributed by atoms with van der Waals surface area (Å²) in [6.45, 7) is 3.66. The van der Waals surface area contributed by atoms with E-state index >= 15 is 0 Å². The number of ether oxygens (including phenoxy) is 1. The lowest BCUT2D eigenvalue weighted by Gasteiger charge is -2.10. The molecule has 1 heterocycles. The molecule has 0 saturated carbocycles. The third-order valence-corrected chi connectivity index (χ3v) is 3.28. The lowest BCUT2D eigenvalue weighted by Crippen LogP contribution is -1.98. The Hall–Kier alpha value is -2.08. The molecule has 0 bridgehead atoms. The summed E-state index contributed by atoms with van der Waals surface area (Å²) in [4.78, 5) is 10.4. The second-order valence-electron chi connectivity index (χ2n) is 4.44. The summed E-state index contributed by atoms with van der Waals surface area (Å²) in [7, 11) is 1.74. The van der Waals surface area contributed by atoms with Gasteiger partial charge in [-0.15, -0.1) is 11.6 Å². The quantitative estimate of drug-likeness (QED) is 0.492. The molecular weight excluding hydrogens is 282 g/mol. The molecule has 0 saturated heterocycles. The number of non-ortho nitro benzene ring substituents is 1. The van der Waals surface area contributed by atoms with Crippen molar-refractivity contribution < 1.29 is 9.66 Å². The van der Waals surface area contributed by atoms with E-state index in [0.717, 1.165) is 16.8 Å². The molecule has 7 heteroatoms. The molecule has 0 amide bonds. The summed E-state index contributed by atoms with van der Waals surface area (Å²) in [5, 5.41) is 15.1. The number of alkyl halides is 1. The van der Waals surface area contributed by atoms with Gasteiger partial charge in [0.2, 0.25) is 5.88 Å². The van der Waals surface area contributed by atoms with Gasteiger partial charge in [0.15, 0.2) is 0 Å². The van der Waals surface area contributed by atoms with Gasteiger partial charge in [0, 0.05) is 13.1 Å². The molecule has 0 spiro atoms. The van der Waals surface area contributed by atoms with Crippen molar-refractivity contribution in [2.75, 3.05) is 0 Å². The van der Waals surface area contributed by atoms with Gasteiger partial charge < -0.3 is 4.74 Å². The Morgan fingerprint density at radius 2 is 2.15 bits per heavy atom. The fourth-order valence-corrected chi connectivity index (χ4v) is 2.19. The summed E-state index contributed by atoms with van der Waals surface area (Å²) in [5.41, 5.74) is 2.34. The van der Waals surface area contributed by atoms with Gasteiger partial charge >= 0.3 is 0 Å². The lowest BCUT2D eigenvalue weighted by molar-refractivity contribution is -0.384. The molecule has 0 unspecified atom stereocenters. The normalized spacial score (nSPS) is 10.6. The van der Waals surface area contributed by atoms with Crippen molar-refractivity contribution in [3.8, 4) is 11.6 Å². The zero-order chi connectivity index (χ0) is 14.9. The number of nitro benzene ring substituents is 1. The van der Waals surface area contributed by atoms with Crippen molar-refractivity contribution in [3.63, 3.8) is 0 Å². The summed E-state index contributed by atoms with van der Waals surface area (Å²) < 4.78 is 7.36. The smallest absolute Gasteiger partial charge is 0.273 e. The molecule has 20 heavy (non-hydrogen) atoms. The van der Waals surface area contributed by atoms with Gasteiger partial charge in [-0.05, 0) is 25.5 Å². The molecule has 106 valence electrons. The van der Waals surface area contributed by atoms with E-state index < -0.39 is 4.92 Å². The van der Waals surface area contributed by atoms with Crippen molar-refractivity contribution in [1.82, 2.24) is 9.78 Å². The van der Waals surface area contributed by atoms with Crippen LogP contribution >= 0.6 is 11.6 Å². The fraction of sp³-hybridized carbons (Fsp3) is 0.308. The highest BCUT2D eigenvalue weighted by atomic mass is 35.5. The number of benzene rings is 1. The molecule has 2 aromatic rings. The molecule has 0 fully saturated rings. The number of halogens is 1. The molecule has 1 aromatic carbocycles. The maximum absolute atomic E-state index is 10.8. The Morgan fingerprint density at radius 3 is 2.75 bits per heavy atom. The van der Waals surface area contributed by atoms with Gasteiger partial charge in [-0.2, -0.15) is 5.10 Å². The number of aromatic nitrogens is 2. The van der Waals surface area contributed by atoms with Crippen LogP contribution in [-0.2, 0) is 12.9 Å². The highest BCUT2D eigenvalue weighted by Gasteiger charge is 2.17. The minimum Gasteiger partial charge on any atom is -0.438 e. The van der Waals surface area contributed by atoms with Gasteiger partial charge in [-0.3, -0.25) is 10.1 Å². The second-order valence-corrected chi connectivity index (χ2v) is 4.70. The van der Waals surface area contributed by atoms with Crippen LogP contribution in [0.15, 0.2) is 18.2 Å². The fourth-order valence-electron chi connectivity index (χ4n) is 1.88. The first-order valence-electron chi connectivity index (χ1n) is 5.95. The molecule has 0 aliphatic carbocycles. The Balaban J connectivity index is 2.44. The van der Waals surface area contributed by atoms with Crippen LogP contribution in [-0.4, -0.2) is 14.7 Å². The molecule has 0 aliphatic heterocycles. The Morgan fingerprint density at radius 1 is 1.45 bits per heavy atom. The largest absolute Gasteiger partial charge is 0.438 e. The first-order valence-corrected chi connectivity index (χ1v) is 6.48. The van der Waals surface area contributed by atoms with Gasteiger partial charge in [-0.1, -0.05) is 0 Å². The maximum atomic E-state index is 10.8. The van der Waals surface area contributed by atoms with Gasteiger partial charge in [-0.25, -0.2) is 4.68 Å². The predicted molar refractivity (Wildman–Crippen MR) is 75.4 cm³/mol. The summed E-state index contributed by atoms with van der Waals surface area (Å²) in [5.74, 6) is 1.19. The lowest BCUT2D eigenvalue weighted by atomic mass is 10.2. The van der Waals surface area contributed by atoms with Crippen molar-refractivity contribution >= 4 is 17.3 Å². The number of nitro groups is 1. The topological polar surface area (TPSA) is 70.2 Å². The van der Waals surface area contributed by atoms with E-state index in [9.17, 15) is 10.1 Å². The number of nitrogens with zero attached hydrogens (tertiary/aromatic N) is 3. The van der Waals surface area contributed by atoms with Crippen molar-refractivity contribution in [2.24, 2.45) is 7.05 Å². The molecule has 1 aromatic heterocycles. The third kappa shape index (κ3) is 2.60. The zero-order valence-electron chi connectivity index (χ0n) is 11.4. The first kappa shape index (κ1) is 14.3. The molecule has 6 nitrogen and oxygen atoms in total. The van der Waals surface area contributed by atoms with Gasteiger partial charge in [0.05, 0.1) is 28.1 Å². The van der Waals surface area contributed by atoms with Crippen molar-refractivity contribution in [1.29, 1.82) is 0 Å². The van der Waals surface area contributed by atoms with Crippen LogP contribution in [0.5, 0.6) is 11.6 Å². The monoisotopic (exact) mass is 295 g/mol. The van der Waals surface area contributed by atoms with Crippen LogP contribution in [0.2, 0.25) is 0 Å². The van der Waals surface area contributed by atoms with Crippen LogP contribution in [0.25, 0.3) is 0 Å². The second kappa shape index (κ2) is 5.50. The van der Waals surface area contributed by atoms with Crippen molar-refractivity contribution in [3.05, 3.63) is 45.1 Å². The average molecular weight is 296 g/mol. The van der Waals surface area contributed by atoms with Crippen LogP contribution < -0.4 is 4.74 Å². The van der Waals surface area contributed by atoms with E-state index in [1.165, 1.54) is 12.1 Å². The molecule has 0 aliphatic rings. The number of rotatable bonds is 4. The van der Waals surface area contributed by atoms with Gasteiger partial charge in [0.25, 0.3) is 5.69 Å². The highest BCUT2D eigenvalue weighted by molar-refractivity contribution is 6.17. The minimum absolute atomic E-state index is 0.0167. The van der Waals surface area contributed by atoms with E-state index in [4.69, 9.17) is 16.3 Å². The summed E-state index contributed by atoms with van der Waals surface area (Å²) >= 11 is 5.90. The first-order chi connectivity index (χ1) is 9.43. The molecule has 0 atom stereocenters. The van der Waals surface area contributed by atoms with Crippen molar-refractivity contribution in [2.45, 2.75) is 19.7 Å². The standard InChI is InChI=1S/C13H14ClN3O3/c1-8-4-5-10(17(18)19)6-12(8)20-13-11(7-14)9(2)15-16(13)3/h4-6H,7H2,1-3H3. The van der Waals surface area contributed by atoms with Crippen LogP contribution in [0.3, 0.4) is 0 Å². The van der Waals surface area contributed by atoms with E-state index in [1.54, 1.807) is 17.8 Å². The molecule has 0 radical (unpaired) electrons. The molecular formula is C13H14ClN3O3. The van der Waals surface area contributed by atoms with Gasteiger partial charge in [0.1, 0.15) is 5.75 Å². The third-order valence-electron chi connectivity index (χ3n) is 3.01. The molecule has 2 rings (SSSR count). The number of hydrogen-bond acceptors (Lipinski definition) is 4. The summed E-state index contributed by atoms with van der Waals surface area (Å²) in [6.07, 6.45) is 0. The Labute approximate surface area is 121 Å². The van der Waals surface area contributed by atoms with Crippen LogP contribution in [0.1, 0.15) is 16.8 Å². The van der Waals surface area contributed by atoms with Crippen LogP contribution in [0.4, 0.5) is 5.69 Å². The number of hydrogen-bond donors (Lipinski definition) is 0. The maximum Gasteiger partial charge on any atom is 0.273 e. The van der Waals surface area contributed by atoms with E-state index in [-0.39, 0.29) is 11.6 Å². The Kier molecular flexibility index (Phi) is 3.94. The molecule has 0 N–H and O–H groups in total. The van der Waals surface area contributed by atoms with Crippen LogP contribution in [0, 0.1) is 24.0 Å². The predicted octanol–water partition coefficient (Wildman–Crippen LogP) is 3.48. The van der Waals surface area contributed by atoms with E-state index in [1.807, 2.05) is 13.8 Å². The minimum atomic E-state index is -0.455. The van der Waals surface area contributed by atoms with E-state index in [2.05, 4.69) is 5.10 Å². The van der Waals surface area contributed by atoms with E-state index in [0.29, 0.717) is 11.6 Å². The zero-order valence-corrected chi connectivity index (χ0v) is 12.1. The number of aryl methyl sites for hydroxylation is 3. The average Bonchev–Trinajstić information content (AvgIpc) is 2.66.